The second kappa shape index (κ2) is 8.77. The van der Waals surface area contributed by atoms with Crippen LogP contribution in [-0.4, -0.2) is 30.3 Å². The maximum Gasteiger partial charge on any atom is 0.306 e. The Morgan fingerprint density at radius 1 is 1.13 bits per heavy atom. The SMILES string of the molecule is CCOc1ccc(CNC2CCC(C(=O)O)CC2)cc1OCC. The Labute approximate surface area is 138 Å². The van der Waals surface area contributed by atoms with Gasteiger partial charge in [0.2, 0.25) is 0 Å². The molecule has 1 aliphatic carbocycles. The zero-order valence-corrected chi connectivity index (χ0v) is 14.0. The average Bonchev–Trinajstić information content (AvgIpc) is 2.56. The van der Waals surface area contributed by atoms with Gasteiger partial charge in [-0.25, -0.2) is 0 Å². The Bertz CT molecular complexity index is 510. The number of aliphatic carboxylic acids is 1. The van der Waals surface area contributed by atoms with Gasteiger partial charge in [0.15, 0.2) is 11.5 Å². The maximum atomic E-state index is 11.0. The number of carboxylic acid groups (broad SMARTS) is 1. The predicted octanol–water partition coefficient (Wildman–Crippen LogP) is 3.22. The van der Waals surface area contributed by atoms with E-state index < -0.39 is 5.97 Å². The van der Waals surface area contributed by atoms with Crippen molar-refractivity contribution in [1.29, 1.82) is 0 Å². The van der Waals surface area contributed by atoms with Gasteiger partial charge in [0, 0.05) is 12.6 Å². The quantitative estimate of drug-likeness (QED) is 0.769. The van der Waals surface area contributed by atoms with E-state index in [1.165, 1.54) is 0 Å². The molecule has 1 fully saturated rings. The van der Waals surface area contributed by atoms with Crippen LogP contribution in [0.25, 0.3) is 0 Å². The first-order valence-corrected chi connectivity index (χ1v) is 8.48. The van der Waals surface area contributed by atoms with E-state index in [0.717, 1.165) is 49.3 Å². The maximum absolute atomic E-state index is 11.0. The lowest BCUT2D eigenvalue weighted by Crippen LogP contribution is -2.34. The molecule has 5 nitrogen and oxygen atoms in total. The molecular weight excluding hydrogens is 294 g/mol. The summed E-state index contributed by atoms with van der Waals surface area (Å²) in [4.78, 5) is 11.0. The summed E-state index contributed by atoms with van der Waals surface area (Å²) >= 11 is 0. The molecule has 0 spiro atoms. The molecule has 0 saturated heterocycles. The summed E-state index contributed by atoms with van der Waals surface area (Å²) < 4.78 is 11.2. The molecule has 1 aromatic carbocycles. The number of hydrogen-bond acceptors (Lipinski definition) is 4. The summed E-state index contributed by atoms with van der Waals surface area (Å²) in [6, 6.07) is 6.41. The highest BCUT2D eigenvalue weighted by Gasteiger charge is 2.25. The molecular formula is C18H27NO4. The minimum absolute atomic E-state index is 0.164. The zero-order chi connectivity index (χ0) is 16.7. The summed E-state index contributed by atoms with van der Waals surface area (Å²) in [7, 11) is 0. The van der Waals surface area contributed by atoms with Crippen molar-refractivity contribution in [3.05, 3.63) is 23.8 Å². The molecule has 0 radical (unpaired) electrons. The molecule has 0 aliphatic heterocycles. The van der Waals surface area contributed by atoms with Crippen molar-refractivity contribution in [3.63, 3.8) is 0 Å². The Hall–Kier alpha value is -1.75. The van der Waals surface area contributed by atoms with Crippen molar-refractivity contribution in [2.45, 2.75) is 52.1 Å². The Morgan fingerprint density at radius 3 is 2.39 bits per heavy atom. The van der Waals surface area contributed by atoms with Crippen LogP contribution in [0, 0.1) is 5.92 Å². The molecule has 1 saturated carbocycles. The highest BCUT2D eigenvalue weighted by atomic mass is 16.5. The molecule has 5 heteroatoms. The first-order chi connectivity index (χ1) is 11.1. The molecule has 0 bridgehead atoms. The highest BCUT2D eigenvalue weighted by Crippen LogP contribution is 2.29. The molecule has 1 aromatic rings. The summed E-state index contributed by atoms with van der Waals surface area (Å²) in [6.07, 6.45) is 3.37. The topological polar surface area (TPSA) is 67.8 Å². The summed E-state index contributed by atoms with van der Waals surface area (Å²) in [6.45, 7) is 5.90. The van der Waals surface area contributed by atoms with Gasteiger partial charge >= 0.3 is 5.97 Å². The first kappa shape index (κ1) is 17.6. The number of benzene rings is 1. The number of rotatable bonds is 8. The van der Waals surface area contributed by atoms with Crippen LogP contribution in [0.3, 0.4) is 0 Å². The van der Waals surface area contributed by atoms with Crippen LogP contribution in [-0.2, 0) is 11.3 Å². The predicted molar refractivity (Wildman–Crippen MR) is 89.0 cm³/mol. The van der Waals surface area contributed by atoms with Gasteiger partial charge in [-0.1, -0.05) is 6.07 Å². The molecule has 0 unspecified atom stereocenters. The van der Waals surface area contributed by atoms with E-state index >= 15 is 0 Å². The first-order valence-electron chi connectivity index (χ1n) is 8.48. The van der Waals surface area contributed by atoms with Crippen LogP contribution in [0.2, 0.25) is 0 Å². The highest BCUT2D eigenvalue weighted by molar-refractivity contribution is 5.70. The molecule has 0 amide bonds. The van der Waals surface area contributed by atoms with E-state index in [0.29, 0.717) is 19.3 Å². The van der Waals surface area contributed by atoms with E-state index in [2.05, 4.69) is 5.32 Å². The molecule has 2 N–H and O–H groups in total. The standard InChI is InChI=1S/C18H27NO4/c1-3-22-16-10-5-13(11-17(16)23-4-2)12-19-15-8-6-14(7-9-15)18(20)21/h5,10-11,14-15,19H,3-4,6-9,12H2,1-2H3,(H,20,21). The van der Waals surface area contributed by atoms with Crippen molar-refractivity contribution in [2.24, 2.45) is 5.92 Å². The van der Waals surface area contributed by atoms with Crippen LogP contribution in [0.5, 0.6) is 11.5 Å². The van der Waals surface area contributed by atoms with Gasteiger partial charge in [-0.15, -0.1) is 0 Å². The van der Waals surface area contributed by atoms with E-state index in [4.69, 9.17) is 14.6 Å². The number of carbonyl (C=O) groups is 1. The summed E-state index contributed by atoms with van der Waals surface area (Å²) in [5.41, 5.74) is 1.15. The van der Waals surface area contributed by atoms with Crippen molar-refractivity contribution in [2.75, 3.05) is 13.2 Å². The van der Waals surface area contributed by atoms with Crippen molar-refractivity contribution in [1.82, 2.24) is 5.32 Å². The largest absolute Gasteiger partial charge is 0.490 e. The molecule has 0 atom stereocenters. The molecule has 0 aromatic heterocycles. The zero-order valence-electron chi connectivity index (χ0n) is 14.0. The lowest BCUT2D eigenvalue weighted by molar-refractivity contribution is -0.142. The van der Waals surface area contributed by atoms with Gasteiger partial charge in [-0.2, -0.15) is 0 Å². The number of nitrogens with one attached hydrogen (secondary N) is 1. The van der Waals surface area contributed by atoms with E-state index in [1.54, 1.807) is 0 Å². The second-order valence-corrected chi connectivity index (χ2v) is 5.91. The Balaban J connectivity index is 1.88. The molecule has 23 heavy (non-hydrogen) atoms. The van der Waals surface area contributed by atoms with Gasteiger partial charge in [0.05, 0.1) is 19.1 Å². The van der Waals surface area contributed by atoms with Crippen LogP contribution in [0.15, 0.2) is 18.2 Å². The lowest BCUT2D eigenvalue weighted by atomic mass is 9.86. The van der Waals surface area contributed by atoms with Gasteiger partial charge in [0.25, 0.3) is 0 Å². The third-order valence-electron chi connectivity index (χ3n) is 4.28. The second-order valence-electron chi connectivity index (χ2n) is 5.91. The van der Waals surface area contributed by atoms with Crippen molar-refractivity contribution >= 4 is 5.97 Å². The van der Waals surface area contributed by atoms with E-state index in [9.17, 15) is 4.79 Å². The smallest absolute Gasteiger partial charge is 0.306 e. The molecule has 1 aliphatic rings. The van der Waals surface area contributed by atoms with Gasteiger partial charge in [-0.3, -0.25) is 4.79 Å². The van der Waals surface area contributed by atoms with Gasteiger partial charge in [-0.05, 0) is 57.2 Å². The average molecular weight is 321 g/mol. The van der Waals surface area contributed by atoms with Gasteiger partial charge in [0.1, 0.15) is 0 Å². The monoisotopic (exact) mass is 321 g/mol. The molecule has 2 rings (SSSR count). The Kier molecular flexibility index (Phi) is 6.71. The van der Waals surface area contributed by atoms with Crippen LogP contribution >= 0.6 is 0 Å². The van der Waals surface area contributed by atoms with Crippen LogP contribution in [0.1, 0.15) is 45.1 Å². The van der Waals surface area contributed by atoms with E-state index in [-0.39, 0.29) is 5.92 Å². The number of carboxylic acids is 1. The molecule has 0 heterocycles. The van der Waals surface area contributed by atoms with E-state index in [1.807, 2.05) is 32.0 Å². The Morgan fingerprint density at radius 2 is 1.78 bits per heavy atom. The fourth-order valence-corrected chi connectivity index (χ4v) is 3.01. The van der Waals surface area contributed by atoms with Crippen LogP contribution < -0.4 is 14.8 Å². The summed E-state index contributed by atoms with van der Waals surface area (Å²) in [5, 5.41) is 12.6. The fraction of sp³-hybridized carbons (Fsp3) is 0.611. The number of hydrogen-bond donors (Lipinski definition) is 2. The van der Waals surface area contributed by atoms with Crippen LogP contribution in [0.4, 0.5) is 0 Å². The summed E-state index contributed by atoms with van der Waals surface area (Å²) in [5.74, 6) is 0.739. The number of ether oxygens (including phenoxy) is 2. The minimum Gasteiger partial charge on any atom is -0.490 e. The van der Waals surface area contributed by atoms with Crippen molar-refractivity contribution in [3.8, 4) is 11.5 Å². The minimum atomic E-state index is -0.656. The normalized spacial score (nSPS) is 21.0. The lowest BCUT2D eigenvalue weighted by Gasteiger charge is -2.27. The third kappa shape index (κ3) is 5.13. The third-order valence-corrected chi connectivity index (χ3v) is 4.28. The fourth-order valence-electron chi connectivity index (χ4n) is 3.01. The van der Waals surface area contributed by atoms with Crippen molar-refractivity contribution < 1.29 is 19.4 Å². The van der Waals surface area contributed by atoms with Gasteiger partial charge < -0.3 is 19.9 Å². The molecule has 128 valence electrons.